The van der Waals surface area contributed by atoms with Gasteiger partial charge in [0.15, 0.2) is 5.96 Å². The van der Waals surface area contributed by atoms with Gasteiger partial charge in [0, 0.05) is 50.2 Å². The molecule has 158 valence electrons. The molecule has 1 aliphatic carbocycles. The summed E-state index contributed by atoms with van der Waals surface area (Å²) < 4.78 is 5.89. The maximum atomic E-state index is 5.89. The summed E-state index contributed by atoms with van der Waals surface area (Å²) in [6.07, 6.45) is 2.64. The van der Waals surface area contributed by atoms with Crippen LogP contribution in [0.15, 0.2) is 35.3 Å². The van der Waals surface area contributed by atoms with E-state index >= 15 is 0 Å². The summed E-state index contributed by atoms with van der Waals surface area (Å²) in [4.78, 5) is 6.84. The van der Waals surface area contributed by atoms with E-state index in [4.69, 9.17) is 4.74 Å². The summed E-state index contributed by atoms with van der Waals surface area (Å²) in [5.74, 6) is 1.53. The minimum atomic E-state index is 0. The number of benzene rings is 1. The number of ether oxygens (including phenoxy) is 1. The summed E-state index contributed by atoms with van der Waals surface area (Å²) in [6, 6.07) is 11.6. The summed E-state index contributed by atoms with van der Waals surface area (Å²) in [5.41, 5.74) is 1.53. The average Bonchev–Trinajstić information content (AvgIpc) is 3.12. The van der Waals surface area contributed by atoms with Crippen molar-refractivity contribution in [3.63, 3.8) is 0 Å². The molecule has 0 spiro atoms. The molecule has 1 saturated heterocycles. The highest BCUT2D eigenvalue weighted by atomic mass is 127. The van der Waals surface area contributed by atoms with Crippen molar-refractivity contribution in [1.82, 2.24) is 15.5 Å². The summed E-state index contributed by atoms with van der Waals surface area (Å²) in [7, 11) is 4.05. The van der Waals surface area contributed by atoms with E-state index in [2.05, 4.69) is 78.7 Å². The first-order valence-corrected chi connectivity index (χ1v) is 10.3. The van der Waals surface area contributed by atoms with E-state index in [1.54, 1.807) is 0 Å². The number of hydrogen-bond acceptors (Lipinski definition) is 3. The Balaban J connectivity index is 0.00000280. The van der Waals surface area contributed by atoms with Gasteiger partial charge in [0.2, 0.25) is 0 Å². The van der Waals surface area contributed by atoms with Gasteiger partial charge >= 0.3 is 0 Å². The van der Waals surface area contributed by atoms with Crippen molar-refractivity contribution in [1.29, 1.82) is 0 Å². The first-order chi connectivity index (χ1) is 12.9. The lowest BCUT2D eigenvalue weighted by Gasteiger charge is -2.54. The quantitative estimate of drug-likeness (QED) is 0.342. The molecule has 1 heterocycles. The van der Waals surface area contributed by atoms with Crippen LogP contribution in [0.1, 0.15) is 39.2 Å². The normalized spacial score (nSPS) is 26.8. The molecule has 2 aliphatic rings. The molecule has 4 atom stereocenters. The van der Waals surface area contributed by atoms with Gasteiger partial charge in [0.25, 0.3) is 0 Å². The van der Waals surface area contributed by atoms with Crippen molar-refractivity contribution in [2.24, 2.45) is 16.3 Å². The van der Waals surface area contributed by atoms with Gasteiger partial charge in [-0.05, 0) is 32.4 Å². The molecule has 0 radical (unpaired) electrons. The highest BCUT2D eigenvalue weighted by Crippen LogP contribution is 2.52. The minimum absolute atomic E-state index is 0. The third-order valence-electron chi connectivity index (χ3n) is 6.50. The van der Waals surface area contributed by atoms with Gasteiger partial charge in [0.1, 0.15) is 0 Å². The van der Waals surface area contributed by atoms with Crippen LogP contribution < -0.4 is 10.6 Å². The molecule has 3 rings (SSSR count). The summed E-state index contributed by atoms with van der Waals surface area (Å²) >= 11 is 0. The van der Waals surface area contributed by atoms with Crippen LogP contribution >= 0.6 is 24.0 Å². The van der Waals surface area contributed by atoms with E-state index in [0.717, 1.165) is 38.5 Å². The van der Waals surface area contributed by atoms with Crippen LogP contribution in [-0.4, -0.2) is 56.3 Å². The summed E-state index contributed by atoms with van der Waals surface area (Å²) in [5, 5.41) is 7.16. The molecule has 1 aliphatic heterocycles. The molecule has 28 heavy (non-hydrogen) atoms. The van der Waals surface area contributed by atoms with Crippen molar-refractivity contribution < 1.29 is 4.74 Å². The molecule has 2 N–H and O–H groups in total. The Morgan fingerprint density at radius 1 is 1.32 bits per heavy atom. The van der Waals surface area contributed by atoms with E-state index in [-0.39, 0.29) is 29.4 Å². The number of guanidine groups is 1. The number of nitrogens with one attached hydrogen (secondary N) is 2. The molecule has 5 nitrogen and oxygen atoms in total. The smallest absolute Gasteiger partial charge is 0.191 e. The number of fused-ring (bicyclic) bond motifs is 1. The number of hydrogen-bond donors (Lipinski definition) is 2. The number of halogens is 1. The van der Waals surface area contributed by atoms with Gasteiger partial charge in [-0.15, -0.1) is 24.0 Å². The fourth-order valence-corrected chi connectivity index (χ4v) is 4.61. The van der Waals surface area contributed by atoms with E-state index in [1.807, 2.05) is 7.05 Å². The summed E-state index contributed by atoms with van der Waals surface area (Å²) in [6.45, 7) is 9.67. The van der Waals surface area contributed by atoms with Crippen LogP contribution in [0.4, 0.5) is 0 Å². The Morgan fingerprint density at radius 2 is 2.04 bits per heavy atom. The van der Waals surface area contributed by atoms with Gasteiger partial charge in [-0.25, -0.2) is 0 Å². The van der Waals surface area contributed by atoms with Crippen LogP contribution in [0, 0.1) is 11.3 Å². The van der Waals surface area contributed by atoms with Crippen molar-refractivity contribution in [2.45, 2.75) is 58.3 Å². The fraction of sp³-hybridized carbons (Fsp3) is 0.682. The average molecular weight is 500 g/mol. The van der Waals surface area contributed by atoms with Crippen molar-refractivity contribution in [3.05, 3.63) is 35.9 Å². The third kappa shape index (κ3) is 5.19. The molecule has 0 aromatic heterocycles. The second kappa shape index (κ2) is 10.3. The second-order valence-electron chi connectivity index (χ2n) is 8.72. The Kier molecular flexibility index (Phi) is 8.58. The SMILES string of the molecule is CN=C(NCCC(C)N(C)Cc1ccccc1)NC1C2CCOC2C1(C)C.I. The Hall–Kier alpha value is -0.860. The highest BCUT2D eigenvalue weighted by molar-refractivity contribution is 14.0. The Bertz CT molecular complexity index is 637. The largest absolute Gasteiger partial charge is 0.377 e. The fourth-order valence-electron chi connectivity index (χ4n) is 4.61. The predicted molar refractivity (Wildman–Crippen MR) is 127 cm³/mol. The predicted octanol–water partition coefficient (Wildman–Crippen LogP) is 3.49. The van der Waals surface area contributed by atoms with E-state index in [1.165, 1.54) is 5.56 Å². The Morgan fingerprint density at radius 3 is 2.71 bits per heavy atom. The molecule has 4 unspecified atom stereocenters. The van der Waals surface area contributed by atoms with Gasteiger partial charge in [-0.3, -0.25) is 9.89 Å². The topological polar surface area (TPSA) is 48.9 Å². The van der Waals surface area contributed by atoms with Gasteiger partial charge in [0.05, 0.1) is 6.10 Å². The van der Waals surface area contributed by atoms with Crippen molar-refractivity contribution in [3.8, 4) is 0 Å². The van der Waals surface area contributed by atoms with Crippen LogP contribution in [0.5, 0.6) is 0 Å². The zero-order chi connectivity index (χ0) is 19.4. The number of rotatable bonds is 7. The van der Waals surface area contributed by atoms with E-state index in [0.29, 0.717) is 24.1 Å². The number of nitrogens with zero attached hydrogens (tertiary/aromatic N) is 2. The third-order valence-corrected chi connectivity index (χ3v) is 6.50. The lowest BCUT2D eigenvalue weighted by atomic mass is 9.57. The van der Waals surface area contributed by atoms with Crippen LogP contribution in [0.2, 0.25) is 0 Å². The van der Waals surface area contributed by atoms with E-state index < -0.39 is 0 Å². The molecule has 0 bridgehead atoms. The molecule has 1 aromatic carbocycles. The lowest BCUT2D eigenvalue weighted by Crippen LogP contribution is -2.68. The van der Waals surface area contributed by atoms with Crippen LogP contribution in [-0.2, 0) is 11.3 Å². The second-order valence-corrected chi connectivity index (χ2v) is 8.72. The van der Waals surface area contributed by atoms with E-state index in [9.17, 15) is 0 Å². The molecule has 2 fully saturated rings. The standard InChI is InChI=1S/C22H36N4O.HI/c1-16(26(5)15-17-9-7-6-8-10-17)11-13-24-21(23-4)25-19-18-12-14-27-20(18)22(19,2)3;/h6-10,16,18-20H,11-15H2,1-5H3,(H2,23,24,25);1H. The molecular formula is C22H37IN4O. The highest BCUT2D eigenvalue weighted by Gasteiger charge is 2.59. The minimum Gasteiger partial charge on any atom is -0.377 e. The maximum Gasteiger partial charge on any atom is 0.191 e. The molecule has 6 heteroatoms. The molecule has 1 aromatic rings. The lowest BCUT2D eigenvalue weighted by molar-refractivity contribution is -0.106. The number of aliphatic imine (C=N–C) groups is 1. The van der Waals surface area contributed by atoms with Gasteiger partial charge in [-0.2, -0.15) is 0 Å². The molecule has 0 amide bonds. The molecule has 1 saturated carbocycles. The first kappa shape index (κ1) is 23.4. The maximum absolute atomic E-state index is 5.89. The monoisotopic (exact) mass is 500 g/mol. The van der Waals surface area contributed by atoms with Crippen molar-refractivity contribution in [2.75, 3.05) is 27.2 Å². The van der Waals surface area contributed by atoms with Crippen LogP contribution in [0.3, 0.4) is 0 Å². The van der Waals surface area contributed by atoms with Gasteiger partial charge < -0.3 is 15.4 Å². The van der Waals surface area contributed by atoms with Gasteiger partial charge in [-0.1, -0.05) is 44.2 Å². The zero-order valence-electron chi connectivity index (χ0n) is 17.9. The van der Waals surface area contributed by atoms with Crippen molar-refractivity contribution >= 4 is 29.9 Å². The zero-order valence-corrected chi connectivity index (χ0v) is 20.3. The van der Waals surface area contributed by atoms with Crippen LogP contribution in [0.25, 0.3) is 0 Å². The first-order valence-electron chi connectivity index (χ1n) is 10.3. The Labute approximate surface area is 187 Å². The molecular weight excluding hydrogens is 463 g/mol.